The van der Waals surface area contributed by atoms with E-state index in [1.807, 2.05) is 0 Å². The quantitative estimate of drug-likeness (QED) is 0.759. The summed E-state index contributed by atoms with van der Waals surface area (Å²) >= 11 is 9.15. The van der Waals surface area contributed by atoms with Crippen LogP contribution in [0.4, 0.5) is 15.0 Å². The molecule has 1 aromatic heterocycles. The molecular weight excluding hydrogens is 389 g/mol. The van der Waals surface area contributed by atoms with Crippen LogP contribution >= 0.6 is 27.5 Å². The minimum absolute atomic E-state index is 0.0546. The van der Waals surface area contributed by atoms with Crippen LogP contribution in [-0.4, -0.2) is 46.9 Å². The van der Waals surface area contributed by atoms with Gasteiger partial charge in [0.2, 0.25) is 0 Å². The van der Waals surface area contributed by atoms with Crippen molar-refractivity contribution in [1.29, 1.82) is 0 Å². The van der Waals surface area contributed by atoms with Crippen molar-refractivity contribution >= 4 is 39.4 Å². The number of anilines is 1. The topological polar surface area (TPSA) is 54.5 Å². The maximum atomic E-state index is 13.7. The van der Waals surface area contributed by atoms with E-state index in [1.165, 1.54) is 4.90 Å². The van der Waals surface area contributed by atoms with Crippen LogP contribution in [0, 0.1) is 0 Å². The van der Waals surface area contributed by atoms with Crippen LogP contribution in [0.2, 0.25) is 5.02 Å². The van der Waals surface area contributed by atoms with Gasteiger partial charge in [-0.2, -0.15) is 0 Å². The number of likely N-dealkylation sites (tertiary alicyclic amines) is 1. The Labute approximate surface area is 148 Å². The number of pyridine rings is 1. The Hall–Kier alpha value is -1.08. The number of hydrogen-bond donors (Lipinski definition) is 1. The molecule has 1 aliphatic heterocycles. The molecule has 0 unspecified atom stereocenters. The summed E-state index contributed by atoms with van der Waals surface area (Å²) in [4.78, 5) is 17.9. The van der Waals surface area contributed by atoms with E-state index in [4.69, 9.17) is 16.3 Å². The van der Waals surface area contributed by atoms with E-state index in [0.29, 0.717) is 22.0 Å². The Balaban J connectivity index is 1.99. The molecule has 1 amide bonds. The van der Waals surface area contributed by atoms with Gasteiger partial charge in [-0.3, -0.25) is 0 Å². The van der Waals surface area contributed by atoms with Crippen LogP contribution in [0.15, 0.2) is 16.7 Å². The van der Waals surface area contributed by atoms with E-state index in [0.717, 1.165) is 0 Å². The molecule has 1 fully saturated rings. The standard InChI is InChI=1S/C15H20BrClFN3O2/c1-15(2,3)23-14(22)21-8-9(18)6-10(21)7-19-12-5-4-11(17)13(16)20-12/h4-5,9-10H,6-8H2,1-3H3,(H,19,20)/t9-,10-/m1/s1. The lowest BCUT2D eigenvalue weighted by atomic mass is 10.2. The lowest BCUT2D eigenvalue weighted by Crippen LogP contribution is -2.42. The highest BCUT2D eigenvalue weighted by atomic mass is 79.9. The normalized spacial score (nSPS) is 21.4. The minimum Gasteiger partial charge on any atom is -0.444 e. The van der Waals surface area contributed by atoms with Gasteiger partial charge in [0.15, 0.2) is 0 Å². The van der Waals surface area contributed by atoms with E-state index in [9.17, 15) is 9.18 Å². The van der Waals surface area contributed by atoms with Gasteiger partial charge in [0, 0.05) is 13.0 Å². The van der Waals surface area contributed by atoms with Gasteiger partial charge < -0.3 is 15.0 Å². The van der Waals surface area contributed by atoms with E-state index < -0.39 is 17.9 Å². The summed E-state index contributed by atoms with van der Waals surface area (Å²) in [5.74, 6) is 0.604. The fourth-order valence-corrected chi connectivity index (χ4v) is 2.76. The van der Waals surface area contributed by atoms with Gasteiger partial charge >= 0.3 is 6.09 Å². The summed E-state index contributed by atoms with van der Waals surface area (Å²) < 4.78 is 19.6. The van der Waals surface area contributed by atoms with Gasteiger partial charge in [0.1, 0.15) is 22.2 Å². The van der Waals surface area contributed by atoms with Crippen molar-refractivity contribution < 1.29 is 13.9 Å². The van der Waals surface area contributed by atoms with Crippen molar-refractivity contribution in [3.8, 4) is 0 Å². The average molecular weight is 409 g/mol. The molecule has 2 rings (SSSR count). The second-order valence-corrected chi connectivity index (χ2v) is 7.63. The van der Waals surface area contributed by atoms with E-state index in [1.54, 1.807) is 32.9 Å². The number of carbonyl (C=O) groups is 1. The number of alkyl halides is 1. The summed E-state index contributed by atoms with van der Waals surface area (Å²) in [5.41, 5.74) is -0.605. The molecule has 0 bridgehead atoms. The summed E-state index contributed by atoms with van der Waals surface area (Å²) in [6.45, 7) is 5.81. The molecule has 0 spiro atoms. The van der Waals surface area contributed by atoms with Crippen molar-refractivity contribution in [2.24, 2.45) is 0 Å². The number of nitrogens with zero attached hydrogens (tertiary/aromatic N) is 2. The van der Waals surface area contributed by atoms with Crippen molar-refractivity contribution in [3.05, 3.63) is 21.8 Å². The van der Waals surface area contributed by atoms with E-state index >= 15 is 0 Å². The predicted molar refractivity (Wildman–Crippen MR) is 91.7 cm³/mol. The maximum Gasteiger partial charge on any atom is 0.410 e. The van der Waals surface area contributed by atoms with Gasteiger partial charge in [0.25, 0.3) is 0 Å². The average Bonchev–Trinajstić information content (AvgIpc) is 2.79. The zero-order chi connectivity index (χ0) is 17.2. The Kier molecular flexibility index (Phi) is 5.73. The maximum absolute atomic E-state index is 13.7. The minimum atomic E-state index is -1.04. The molecule has 1 N–H and O–H groups in total. The molecule has 23 heavy (non-hydrogen) atoms. The molecule has 8 heteroatoms. The molecular formula is C15H20BrClFN3O2. The molecule has 128 valence electrons. The fraction of sp³-hybridized carbons (Fsp3) is 0.600. The molecule has 1 saturated heterocycles. The van der Waals surface area contributed by atoms with Crippen molar-refractivity contribution in [1.82, 2.24) is 9.88 Å². The first-order valence-electron chi connectivity index (χ1n) is 7.35. The Morgan fingerprint density at radius 1 is 1.57 bits per heavy atom. The van der Waals surface area contributed by atoms with Crippen LogP contribution in [0.5, 0.6) is 0 Å². The number of amides is 1. The number of halogens is 3. The lowest BCUT2D eigenvalue weighted by molar-refractivity contribution is 0.0226. The van der Waals surface area contributed by atoms with E-state index in [-0.39, 0.29) is 19.0 Å². The van der Waals surface area contributed by atoms with Crippen LogP contribution in [0.25, 0.3) is 0 Å². The van der Waals surface area contributed by atoms with Gasteiger partial charge in [-0.1, -0.05) is 11.6 Å². The number of nitrogens with one attached hydrogen (secondary N) is 1. The first kappa shape index (κ1) is 18.3. The fourth-order valence-electron chi connectivity index (χ4n) is 2.34. The summed E-state index contributed by atoms with van der Waals surface area (Å²) in [6, 6.07) is 3.16. The van der Waals surface area contributed by atoms with Crippen LogP contribution in [-0.2, 0) is 4.74 Å². The molecule has 1 aliphatic rings. The smallest absolute Gasteiger partial charge is 0.410 e. The second kappa shape index (κ2) is 7.21. The highest BCUT2D eigenvalue weighted by Crippen LogP contribution is 2.25. The van der Waals surface area contributed by atoms with Crippen molar-refractivity contribution in [3.63, 3.8) is 0 Å². The molecule has 2 heterocycles. The first-order chi connectivity index (χ1) is 10.7. The third-order valence-corrected chi connectivity index (χ3v) is 4.45. The first-order valence-corrected chi connectivity index (χ1v) is 8.52. The lowest BCUT2D eigenvalue weighted by Gasteiger charge is -2.28. The zero-order valence-corrected chi connectivity index (χ0v) is 15.6. The van der Waals surface area contributed by atoms with E-state index in [2.05, 4.69) is 26.2 Å². The number of ether oxygens (including phenoxy) is 1. The van der Waals surface area contributed by atoms with Crippen LogP contribution in [0.3, 0.4) is 0 Å². The third-order valence-electron chi connectivity index (χ3n) is 3.31. The van der Waals surface area contributed by atoms with Gasteiger partial charge in [-0.25, -0.2) is 14.2 Å². The SMILES string of the molecule is CC(C)(C)OC(=O)N1C[C@H](F)C[C@@H]1CNc1ccc(Cl)c(Br)n1. The third kappa shape index (κ3) is 5.21. The number of aromatic nitrogens is 1. The highest BCUT2D eigenvalue weighted by molar-refractivity contribution is 9.10. The number of carbonyl (C=O) groups excluding carboxylic acids is 1. The molecule has 0 aromatic carbocycles. The highest BCUT2D eigenvalue weighted by Gasteiger charge is 2.37. The molecule has 0 saturated carbocycles. The largest absolute Gasteiger partial charge is 0.444 e. The molecule has 0 radical (unpaired) electrons. The van der Waals surface area contributed by atoms with Crippen molar-refractivity contribution in [2.75, 3.05) is 18.4 Å². The predicted octanol–water partition coefficient (Wildman–Crippen LogP) is 4.26. The summed E-state index contributed by atoms with van der Waals surface area (Å²) in [5, 5.41) is 3.62. The Morgan fingerprint density at radius 2 is 2.26 bits per heavy atom. The Morgan fingerprint density at radius 3 is 2.87 bits per heavy atom. The zero-order valence-electron chi connectivity index (χ0n) is 13.3. The Bertz CT molecular complexity index is 582. The van der Waals surface area contributed by atoms with Crippen molar-refractivity contribution in [2.45, 2.75) is 45.0 Å². The number of rotatable bonds is 3. The monoisotopic (exact) mass is 407 g/mol. The molecule has 0 aliphatic carbocycles. The molecule has 1 aromatic rings. The molecule has 5 nitrogen and oxygen atoms in total. The summed E-state index contributed by atoms with van der Waals surface area (Å²) in [6.07, 6.45) is -1.25. The number of hydrogen-bond acceptors (Lipinski definition) is 4. The van der Waals surface area contributed by atoms with Gasteiger partial charge in [0.05, 0.1) is 17.6 Å². The summed E-state index contributed by atoms with van der Waals surface area (Å²) in [7, 11) is 0. The second-order valence-electron chi connectivity index (χ2n) is 6.47. The van der Waals surface area contributed by atoms with Gasteiger partial charge in [-0.15, -0.1) is 0 Å². The van der Waals surface area contributed by atoms with Gasteiger partial charge in [-0.05, 0) is 48.8 Å². The van der Waals surface area contributed by atoms with Crippen LogP contribution in [0.1, 0.15) is 27.2 Å². The molecule has 2 atom stereocenters. The van der Waals surface area contributed by atoms with Crippen LogP contribution < -0.4 is 5.32 Å².